The molecule has 0 bridgehead atoms. The summed E-state index contributed by atoms with van der Waals surface area (Å²) in [5.41, 5.74) is 7.96. The zero-order valence-corrected chi connectivity index (χ0v) is 34.6. The molecule has 0 amide bonds. The van der Waals surface area contributed by atoms with Crippen molar-refractivity contribution in [2.24, 2.45) is 0 Å². The monoisotopic (exact) mass is 987 g/mol. The van der Waals surface area contributed by atoms with Crippen LogP contribution in [0.25, 0.3) is 44.6 Å². The average molecular weight is 987 g/mol. The van der Waals surface area contributed by atoms with Crippen LogP contribution in [0.5, 0.6) is 0 Å². The second-order valence-corrected chi connectivity index (χ2v) is 13.9. The molecule has 279 valence electrons. The van der Waals surface area contributed by atoms with Gasteiger partial charge in [0.1, 0.15) is 19.9 Å². The molecule has 0 aliphatic carbocycles. The number of rotatable bonds is 6. The summed E-state index contributed by atoms with van der Waals surface area (Å²) < 4.78 is 34.0. The second kappa shape index (κ2) is 20.4. The van der Waals surface area contributed by atoms with E-state index in [0.717, 1.165) is 104 Å². The van der Waals surface area contributed by atoms with Crippen molar-refractivity contribution < 1.29 is 41.9 Å². The second-order valence-electron chi connectivity index (χ2n) is 11.7. The minimum atomic E-state index is -1.44. The first-order valence-corrected chi connectivity index (χ1v) is 20.2. The fraction of sp³-hybridized carbons (Fsp3) is 0.361. The summed E-state index contributed by atoms with van der Waals surface area (Å²) in [7, 11) is 0. The molecule has 8 heterocycles. The summed E-state index contributed by atoms with van der Waals surface area (Å²) in [4.78, 5) is 28.9. The Hall–Kier alpha value is -3.33. The Labute approximate surface area is 339 Å². The van der Waals surface area contributed by atoms with Gasteiger partial charge in [-0.1, -0.05) is 13.8 Å². The van der Waals surface area contributed by atoms with E-state index in [9.17, 15) is 9.90 Å². The molecular formula is C36H38I2MnN8O6. The molecule has 6 aromatic rings. The predicted octanol–water partition coefficient (Wildman–Crippen LogP) is 7.68. The van der Waals surface area contributed by atoms with Gasteiger partial charge in [0.2, 0.25) is 0 Å². The molecule has 2 saturated heterocycles. The Morgan fingerprint density at radius 2 is 1.26 bits per heavy atom. The van der Waals surface area contributed by atoms with Crippen LogP contribution in [0.3, 0.4) is 0 Å². The third-order valence-corrected chi connectivity index (χ3v) is 9.89. The quantitative estimate of drug-likeness (QED) is 0.0980. The van der Waals surface area contributed by atoms with Crippen molar-refractivity contribution in [1.82, 2.24) is 39.5 Å². The third-order valence-electron chi connectivity index (χ3n) is 8.30. The fourth-order valence-electron chi connectivity index (χ4n) is 5.76. The zero-order chi connectivity index (χ0) is 37.7. The van der Waals surface area contributed by atoms with Crippen LogP contribution in [0, 0.1) is 7.40 Å². The molecule has 0 saturated carbocycles. The number of aliphatic hydroxyl groups is 1. The van der Waals surface area contributed by atoms with Gasteiger partial charge in [0, 0.05) is 43.6 Å². The van der Waals surface area contributed by atoms with E-state index in [1.165, 1.54) is 6.42 Å². The molecule has 6 aromatic heterocycles. The van der Waals surface area contributed by atoms with Gasteiger partial charge in [-0.3, -0.25) is 14.8 Å². The Balaban J connectivity index is 0.000000183. The molecule has 0 spiro atoms. The summed E-state index contributed by atoms with van der Waals surface area (Å²) in [6.07, 6.45) is 14.6. The molecule has 2 aliphatic heterocycles. The number of carbonyl (C=O) groups is 1. The summed E-state index contributed by atoms with van der Waals surface area (Å²) in [5.74, 6) is 0. The van der Waals surface area contributed by atoms with Gasteiger partial charge in [-0.15, -0.1) is 0 Å². The van der Waals surface area contributed by atoms with E-state index in [-0.39, 0.29) is 19.1 Å². The summed E-state index contributed by atoms with van der Waals surface area (Å²) in [5, 5.41) is 18.5. The van der Waals surface area contributed by atoms with Crippen molar-refractivity contribution in [3.63, 3.8) is 0 Å². The molecule has 2 unspecified atom stereocenters. The van der Waals surface area contributed by atoms with E-state index in [4.69, 9.17) is 22.1 Å². The fourth-order valence-corrected chi connectivity index (χ4v) is 7.09. The number of hydrogen-bond acceptors (Lipinski definition) is 12. The van der Waals surface area contributed by atoms with Crippen LogP contribution in [0.1, 0.15) is 80.7 Å². The maximum absolute atomic E-state index is 10.9. The van der Waals surface area contributed by atoms with Crippen LogP contribution in [-0.2, 0) is 38.6 Å². The van der Waals surface area contributed by atoms with Gasteiger partial charge in [-0.05, 0) is 126 Å². The Kier molecular flexibility index (Phi) is 15.7. The van der Waals surface area contributed by atoms with Gasteiger partial charge in [-0.2, -0.15) is 10.2 Å². The topological polar surface area (TPSA) is 177 Å². The number of ether oxygens (including phenoxy) is 2. The summed E-state index contributed by atoms with van der Waals surface area (Å²) in [6, 6.07) is 11.4. The number of carbonyl (C=O) groups excluding carboxylic acids is 1. The number of aldehydes is 1. The number of pyridine rings is 4. The number of fused-ring (bicyclic) bond motifs is 2. The van der Waals surface area contributed by atoms with Gasteiger partial charge in [-0.25, -0.2) is 19.3 Å². The zero-order valence-electron chi connectivity index (χ0n) is 29.1. The van der Waals surface area contributed by atoms with Gasteiger partial charge in [0.25, 0.3) is 0 Å². The van der Waals surface area contributed by atoms with Crippen molar-refractivity contribution in [3.05, 3.63) is 79.7 Å². The van der Waals surface area contributed by atoms with Crippen LogP contribution >= 0.6 is 45.2 Å². The van der Waals surface area contributed by atoms with Gasteiger partial charge in [0.15, 0.2) is 6.29 Å². The van der Waals surface area contributed by atoms with E-state index in [1.54, 1.807) is 18.5 Å². The third kappa shape index (κ3) is 10.5. The molecule has 14 nitrogen and oxygen atoms in total. The molecule has 1 N–H and O–H groups in total. The summed E-state index contributed by atoms with van der Waals surface area (Å²) in [6.45, 7) is 5.54. The van der Waals surface area contributed by atoms with E-state index >= 15 is 0 Å². The first-order valence-electron chi connectivity index (χ1n) is 17.1. The number of halogens is 2. The first kappa shape index (κ1) is 40.8. The van der Waals surface area contributed by atoms with Gasteiger partial charge < -0.3 is 14.6 Å². The van der Waals surface area contributed by atoms with Crippen molar-refractivity contribution >= 4 is 73.5 Å². The molecular weight excluding hydrogens is 949 g/mol. The normalized spacial score (nSPS) is 16.7. The molecule has 0 radical (unpaired) electrons. The van der Waals surface area contributed by atoms with Gasteiger partial charge in [0.05, 0.1) is 51.2 Å². The van der Waals surface area contributed by atoms with Crippen LogP contribution in [0.15, 0.2) is 61.2 Å². The van der Waals surface area contributed by atoms with Crippen LogP contribution < -0.4 is 0 Å². The molecule has 2 aliphatic rings. The summed E-state index contributed by atoms with van der Waals surface area (Å²) >= 11 is 3.02. The molecule has 8 rings (SSSR count). The first-order chi connectivity index (χ1) is 25.9. The Morgan fingerprint density at radius 3 is 1.72 bits per heavy atom. The van der Waals surface area contributed by atoms with Crippen LogP contribution in [-0.4, -0.2) is 64.1 Å². The SMILES string of the molecule is CC.O=Cc1cnc2ccc(-c3cn(C4CCCCO4)nc3I)nc2c1.OCc1cnc2ccc(-c3cn(C4CCCCO4)nc3I)nc2c1.[O]=[Mn]=[O]. The maximum atomic E-state index is 10.9. The van der Waals surface area contributed by atoms with E-state index < -0.39 is 14.8 Å². The molecule has 53 heavy (non-hydrogen) atoms. The van der Waals surface area contributed by atoms with Crippen molar-refractivity contribution in [2.45, 2.75) is 71.4 Å². The number of hydrogen-bond donors (Lipinski definition) is 1. The van der Waals surface area contributed by atoms with Crippen LogP contribution in [0.2, 0.25) is 0 Å². The van der Waals surface area contributed by atoms with E-state index in [0.29, 0.717) is 11.1 Å². The number of nitrogens with zero attached hydrogens (tertiary/aromatic N) is 8. The Bertz CT molecular complexity index is 2180. The van der Waals surface area contributed by atoms with Crippen molar-refractivity contribution in [3.8, 4) is 22.5 Å². The number of aromatic nitrogens is 8. The Morgan fingerprint density at radius 1 is 0.774 bits per heavy atom. The van der Waals surface area contributed by atoms with Crippen molar-refractivity contribution in [2.75, 3.05) is 13.2 Å². The van der Waals surface area contributed by atoms with Crippen molar-refractivity contribution in [1.29, 1.82) is 0 Å². The van der Waals surface area contributed by atoms with Gasteiger partial charge >= 0.3 is 22.5 Å². The molecule has 17 heteroatoms. The predicted molar refractivity (Wildman–Crippen MR) is 209 cm³/mol. The number of aliphatic hydroxyl groups excluding tert-OH is 1. The molecule has 0 aromatic carbocycles. The minimum absolute atomic E-state index is 0.00445. The van der Waals surface area contributed by atoms with Crippen LogP contribution in [0.4, 0.5) is 0 Å². The standard InChI is InChI=1S/C17H17IN4O2.C17H15IN4O2.C2H6.Mn.2O/c2*18-17-12(9-22(21-17)16-3-1-2-6-24-16)13-4-5-14-15(20-13)7-11(10-23)8-19-14;1-2;;;/h4-5,7-9,16,23H,1-3,6,10H2;4-5,7-10,16H,1-3,6H2;1-2H3;;;. The van der Waals surface area contributed by atoms with E-state index in [2.05, 4.69) is 70.3 Å². The molecule has 2 fully saturated rings. The van der Waals surface area contributed by atoms with E-state index in [1.807, 2.05) is 65.9 Å². The molecule has 2 atom stereocenters. The average Bonchev–Trinajstić information content (AvgIpc) is 3.81.